The molecule has 3 heterocycles. The SMILES string of the molecule is COC(=O)Nc1ncc(Cl)c2cc(NCc3ccnc(NCC4CCN(C)CC4)c3)ccc12. The predicted octanol–water partition coefficient (Wildman–Crippen LogP) is 4.83. The molecule has 0 atom stereocenters. The smallest absolute Gasteiger partial charge is 0.412 e. The molecule has 8 nitrogen and oxygen atoms in total. The first-order valence-electron chi connectivity index (χ1n) is 11.1. The number of halogens is 1. The Morgan fingerprint density at radius 3 is 2.76 bits per heavy atom. The Kier molecular flexibility index (Phi) is 7.47. The lowest BCUT2D eigenvalue weighted by Crippen LogP contribution is -2.33. The minimum Gasteiger partial charge on any atom is -0.453 e. The lowest BCUT2D eigenvalue weighted by atomic mass is 9.97. The van der Waals surface area contributed by atoms with Gasteiger partial charge in [0.15, 0.2) is 0 Å². The largest absolute Gasteiger partial charge is 0.453 e. The van der Waals surface area contributed by atoms with Crippen molar-refractivity contribution in [1.29, 1.82) is 0 Å². The summed E-state index contributed by atoms with van der Waals surface area (Å²) in [5.41, 5.74) is 2.04. The molecule has 9 heteroatoms. The lowest BCUT2D eigenvalue weighted by Gasteiger charge is -2.29. The van der Waals surface area contributed by atoms with Gasteiger partial charge in [-0.3, -0.25) is 5.32 Å². The standard InChI is InChI=1S/C24H29ClN6O2/c1-31-9-6-16(7-10-31)13-28-22-11-17(5-8-26-22)14-27-18-3-4-19-20(12-18)21(25)15-29-23(19)30-24(32)33-2/h3-5,8,11-12,15-16,27H,6-7,9-10,13-14H2,1-2H3,(H,26,28)(H,29,30,32). The normalized spacial score (nSPS) is 14.8. The molecule has 1 amide bonds. The summed E-state index contributed by atoms with van der Waals surface area (Å²) in [4.78, 5) is 22.6. The molecular formula is C24H29ClN6O2. The Morgan fingerprint density at radius 2 is 1.97 bits per heavy atom. The van der Waals surface area contributed by atoms with Gasteiger partial charge < -0.3 is 20.3 Å². The quantitative estimate of drug-likeness (QED) is 0.457. The van der Waals surface area contributed by atoms with E-state index in [1.165, 1.54) is 26.1 Å². The van der Waals surface area contributed by atoms with Crippen LogP contribution < -0.4 is 16.0 Å². The number of hydrogen-bond acceptors (Lipinski definition) is 7. The van der Waals surface area contributed by atoms with Crippen molar-refractivity contribution in [2.45, 2.75) is 19.4 Å². The van der Waals surface area contributed by atoms with Gasteiger partial charge in [0.25, 0.3) is 0 Å². The zero-order chi connectivity index (χ0) is 23.2. The summed E-state index contributed by atoms with van der Waals surface area (Å²) in [5.74, 6) is 2.00. The number of likely N-dealkylation sites (tertiary alicyclic amines) is 1. The summed E-state index contributed by atoms with van der Waals surface area (Å²) in [6.07, 6.45) is 5.22. The van der Waals surface area contributed by atoms with Crippen LogP contribution in [0.3, 0.4) is 0 Å². The second kappa shape index (κ2) is 10.7. The molecule has 1 aromatic carbocycles. The highest BCUT2D eigenvalue weighted by Crippen LogP contribution is 2.30. The first-order chi connectivity index (χ1) is 16.0. The molecular weight excluding hydrogens is 440 g/mol. The highest BCUT2D eigenvalue weighted by atomic mass is 35.5. The maximum absolute atomic E-state index is 11.6. The molecule has 0 bridgehead atoms. The number of anilines is 3. The number of fused-ring (bicyclic) bond motifs is 1. The van der Waals surface area contributed by atoms with Crippen LogP contribution >= 0.6 is 11.6 Å². The zero-order valence-corrected chi connectivity index (χ0v) is 19.7. The Hall–Kier alpha value is -3.10. The second-order valence-electron chi connectivity index (χ2n) is 8.36. The van der Waals surface area contributed by atoms with Crippen LogP contribution in [-0.2, 0) is 11.3 Å². The molecule has 4 rings (SSSR count). The van der Waals surface area contributed by atoms with Gasteiger partial charge in [-0.25, -0.2) is 14.8 Å². The zero-order valence-electron chi connectivity index (χ0n) is 18.9. The third-order valence-corrected chi connectivity index (χ3v) is 6.28. The van der Waals surface area contributed by atoms with Gasteiger partial charge in [0.1, 0.15) is 11.6 Å². The lowest BCUT2D eigenvalue weighted by molar-refractivity contribution is 0.187. The van der Waals surface area contributed by atoms with Crippen molar-refractivity contribution in [2.24, 2.45) is 5.92 Å². The van der Waals surface area contributed by atoms with Crippen molar-refractivity contribution in [2.75, 3.05) is 49.7 Å². The highest BCUT2D eigenvalue weighted by molar-refractivity contribution is 6.36. The van der Waals surface area contributed by atoms with E-state index in [1.807, 2.05) is 30.5 Å². The summed E-state index contributed by atoms with van der Waals surface area (Å²) in [7, 11) is 3.49. The molecule has 0 radical (unpaired) electrons. The molecule has 1 fully saturated rings. The number of benzene rings is 1. The maximum atomic E-state index is 11.6. The van der Waals surface area contributed by atoms with Crippen LogP contribution in [-0.4, -0.2) is 54.8 Å². The molecule has 174 valence electrons. The third kappa shape index (κ3) is 6.03. The van der Waals surface area contributed by atoms with Crippen LogP contribution in [0, 0.1) is 5.92 Å². The maximum Gasteiger partial charge on any atom is 0.412 e. The topological polar surface area (TPSA) is 91.4 Å². The van der Waals surface area contributed by atoms with Gasteiger partial charge in [0.2, 0.25) is 0 Å². The minimum atomic E-state index is -0.578. The van der Waals surface area contributed by atoms with Crippen LogP contribution in [0.5, 0.6) is 0 Å². The molecule has 3 N–H and O–H groups in total. The molecule has 3 aromatic rings. The van der Waals surface area contributed by atoms with E-state index in [-0.39, 0.29) is 0 Å². The predicted molar refractivity (Wildman–Crippen MR) is 133 cm³/mol. The van der Waals surface area contributed by atoms with E-state index in [2.05, 4.69) is 48.7 Å². The van der Waals surface area contributed by atoms with Crippen LogP contribution in [0.1, 0.15) is 18.4 Å². The Morgan fingerprint density at radius 1 is 1.15 bits per heavy atom. The summed E-state index contributed by atoms with van der Waals surface area (Å²) >= 11 is 6.36. The number of methoxy groups -OCH3 is 1. The van der Waals surface area contributed by atoms with Crippen LogP contribution in [0.4, 0.5) is 22.1 Å². The van der Waals surface area contributed by atoms with Crippen LogP contribution in [0.25, 0.3) is 10.8 Å². The molecule has 1 aliphatic rings. The first kappa shape index (κ1) is 23.1. The monoisotopic (exact) mass is 468 g/mol. The van der Waals surface area contributed by atoms with Gasteiger partial charge in [-0.15, -0.1) is 0 Å². The number of piperidine rings is 1. The Balaban J connectivity index is 1.39. The van der Waals surface area contributed by atoms with Gasteiger partial charge in [-0.05, 0) is 74.8 Å². The summed E-state index contributed by atoms with van der Waals surface area (Å²) in [6.45, 7) is 3.93. The molecule has 0 spiro atoms. The van der Waals surface area contributed by atoms with E-state index in [0.717, 1.165) is 47.5 Å². The van der Waals surface area contributed by atoms with E-state index in [0.29, 0.717) is 23.3 Å². The van der Waals surface area contributed by atoms with Gasteiger partial charge >= 0.3 is 6.09 Å². The number of ether oxygens (including phenoxy) is 1. The van der Waals surface area contributed by atoms with E-state index in [1.54, 1.807) is 0 Å². The molecule has 1 saturated heterocycles. The number of carbonyl (C=O) groups excluding carboxylic acids is 1. The number of aromatic nitrogens is 2. The second-order valence-corrected chi connectivity index (χ2v) is 8.77. The van der Waals surface area contributed by atoms with E-state index in [9.17, 15) is 4.79 Å². The van der Waals surface area contributed by atoms with Gasteiger partial charge in [0.05, 0.1) is 12.1 Å². The van der Waals surface area contributed by atoms with Crippen molar-refractivity contribution >= 4 is 45.8 Å². The van der Waals surface area contributed by atoms with Crippen LogP contribution in [0.15, 0.2) is 42.7 Å². The van der Waals surface area contributed by atoms with Crippen molar-refractivity contribution in [3.63, 3.8) is 0 Å². The van der Waals surface area contributed by atoms with Gasteiger partial charge in [0, 0.05) is 41.9 Å². The van der Waals surface area contributed by atoms with Gasteiger partial charge in [-0.2, -0.15) is 0 Å². The number of amides is 1. The van der Waals surface area contributed by atoms with Crippen molar-refractivity contribution in [3.05, 3.63) is 53.3 Å². The number of rotatable bonds is 7. The average Bonchev–Trinajstić information content (AvgIpc) is 2.84. The van der Waals surface area contributed by atoms with Crippen molar-refractivity contribution in [1.82, 2.24) is 14.9 Å². The van der Waals surface area contributed by atoms with Crippen molar-refractivity contribution < 1.29 is 9.53 Å². The fourth-order valence-electron chi connectivity index (χ4n) is 3.97. The Bertz CT molecular complexity index is 1120. The summed E-state index contributed by atoms with van der Waals surface area (Å²) < 4.78 is 4.66. The molecule has 0 unspecified atom stereocenters. The number of carbonyl (C=O) groups is 1. The molecule has 1 aliphatic heterocycles. The Labute approximate surface area is 198 Å². The van der Waals surface area contributed by atoms with Gasteiger partial charge in [-0.1, -0.05) is 11.6 Å². The third-order valence-electron chi connectivity index (χ3n) is 5.98. The van der Waals surface area contributed by atoms with Crippen LogP contribution in [0.2, 0.25) is 5.02 Å². The molecule has 2 aromatic heterocycles. The summed E-state index contributed by atoms with van der Waals surface area (Å²) in [5, 5.41) is 11.6. The molecule has 33 heavy (non-hydrogen) atoms. The molecule has 0 aliphatic carbocycles. The fourth-order valence-corrected chi connectivity index (χ4v) is 4.17. The average molecular weight is 469 g/mol. The number of hydrogen-bond donors (Lipinski definition) is 3. The van der Waals surface area contributed by atoms with E-state index >= 15 is 0 Å². The van der Waals surface area contributed by atoms with E-state index in [4.69, 9.17) is 11.6 Å². The van der Waals surface area contributed by atoms with E-state index < -0.39 is 6.09 Å². The highest BCUT2D eigenvalue weighted by Gasteiger charge is 2.16. The summed E-state index contributed by atoms with van der Waals surface area (Å²) in [6, 6.07) is 9.84. The number of nitrogens with one attached hydrogen (secondary N) is 3. The minimum absolute atomic E-state index is 0.405. The number of pyridine rings is 2. The molecule has 0 saturated carbocycles. The first-order valence-corrected chi connectivity index (χ1v) is 11.4. The van der Waals surface area contributed by atoms with Crippen molar-refractivity contribution in [3.8, 4) is 0 Å². The number of nitrogens with zero attached hydrogens (tertiary/aromatic N) is 3. The fraction of sp³-hybridized carbons (Fsp3) is 0.375.